The standard InChI is InChI=1S/C20H18N4O3S3/c1-3-7-27-19(26)16-12(2)23-18(13(10-21)17(16)14-5-4-8-28-14)30-11-15(25)24-20-22-6-9-29-20/h3-6,8-9,13,16-17H,1-2,7,11H2,(H,22,24,25)/t13?,16-,17-/m1/s1. The van der Waals surface area contributed by atoms with Crippen molar-refractivity contribution in [3.63, 3.8) is 0 Å². The molecule has 0 aliphatic carbocycles. The normalized spacial score (nSPS) is 20.7. The lowest BCUT2D eigenvalue weighted by Gasteiger charge is -2.33. The Kier molecular flexibility index (Phi) is 7.57. The summed E-state index contributed by atoms with van der Waals surface area (Å²) >= 11 is 3.94. The molecule has 1 N–H and O–H groups in total. The van der Waals surface area contributed by atoms with Crippen molar-refractivity contribution in [2.24, 2.45) is 16.8 Å². The van der Waals surface area contributed by atoms with Crippen molar-refractivity contribution in [2.45, 2.75) is 5.92 Å². The van der Waals surface area contributed by atoms with Gasteiger partial charge in [-0.2, -0.15) is 5.26 Å². The highest BCUT2D eigenvalue weighted by atomic mass is 32.2. The maximum absolute atomic E-state index is 12.7. The minimum Gasteiger partial charge on any atom is -0.461 e. The van der Waals surface area contributed by atoms with Crippen molar-refractivity contribution in [1.29, 1.82) is 5.26 Å². The predicted molar refractivity (Wildman–Crippen MR) is 121 cm³/mol. The number of thiazole rings is 1. The van der Waals surface area contributed by atoms with E-state index in [1.165, 1.54) is 28.7 Å². The molecule has 0 saturated carbocycles. The number of ether oxygens (including phenoxy) is 1. The molecule has 1 aliphatic rings. The first-order valence-corrected chi connectivity index (χ1v) is 11.6. The van der Waals surface area contributed by atoms with E-state index in [0.29, 0.717) is 15.9 Å². The highest BCUT2D eigenvalue weighted by Gasteiger charge is 2.45. The molecule has 0 radical (unpaired) electrons. The van der Waals surface area contributed by atoms with Crippen LogP contribution in [-0.4, -0.2) is 34.3 Å². The van der Waals surface area contributed by atoms with Crippen LogP contribution in [0.25, 0.3) is 0 Å². The molecule has 1 amide bonds. The van der Waals surface area contributed by atoms with E-state index < -0.39 is 23.7 Å². The average Bonchev–Trinajstić information content (AvgIpc) is 3.44. The summed E-state index contributed by atoms with van der Waals surface area (Å²) in [5.74, 6) is -2.64. The van der Waals surface area contributed by atoms with Crippen molar-refractivity contribution in [2.75, 3.05) is 17.7 Å². The number of aromatic nitrogens is 1. The lowest BCUT2D eigenvalue weighted by Crippen LogP contribution is -2.36. The summed E-state index contributed by atoms with van der Waals surface area (Å²) in [5.41, 5.74) is 0.316. The molecule has 1 aliphatic heterocycles. The summed E-state index contributed by atoms with van der Waals surface area (Å²) in [4.78, 5) is 34.2. The lowest BCUT2D eigenvalue weighted by molar-refractivity contribution is -0.146. The number of nitrogens with zero attached hydrogens (tertiary/aromatic N) is 3. The Morgan fingerprint density at radius 2 is 2.23 bits per heavy atom. The number of hydrogen-bond acceptors (Lipinski definition) is 9. The number of amides is 1. The van der Waals surface area contributed by atoms with E-state index in [0.717, 1.165) is 16.6 Å². The molecule has 3 heterocycles. The Morgan fingerprint density at radius 3 is 2.87 bits per heavy atom. The van der Waals surface area contributed by atoms with Crippen molar-refractivity contribution in [3.05, 3.63) is 58.9 Å². The van der Waals surface area contributed by atoms with Crippen LogP contribution in [0.1, 0.15) is 10.8 Å². The molecule has 0 saturated heterocycles. The van der Waals surface area contributed by atoms with Gasteiger partial charge >= 0.3 is 5.97 Å². The minimum absolute atomic E-state index is 0.0621. The molecule has 3 rings (SSSR count). The minimum atomic E-state index is -0.776. The van der Waals surface area contributed by atoms with E-state index in [2.05, 4.69) is 34.5 Å². The van der Waals surface area contributed by atoms with Crippen LogP contribution in [0, 0.1) is 23.2 Å². The topological polar surface area (TPSA) is 104 Å². The zero-order valence-corrected chi connectivity index (χ0v) is 18.3. The number of nitriles is 1. The van der Waals surface area contributed by atoms with Crippen LogP contribution >= 0.6 is 34.4 Å². The van der Waals surface area contributed by atoms with Gasteiger partial charge in [-0.25, -0.2) is 9.98 Å². The van der Waals surface area contributed by atoms with Gasteiger partial charge in [-0.1, -0.05) is 37.1 Å². The molecule has 1 unspecified atom stereocenters. The van der Waals surface area contributed by atoms with Gasteiger partial charge in [0.05, 0.1) is 16.9 Å². The number of anilines is 1. The molecular weight excluding hydrogens is 440 g/mol. The van der Waals surface area contributed by atoms with E-state index in [1.807, 2.05) is 17.5 Å². The second-order valence-electron chi connectivity index (χ2n) is 6.16. The molecular formula is C20H18N4O3S3. The zero-order valence-electron chi connectivity index (χ0n) is 15.8. The van der Waals surface area contributed by atoms with E-state index in [-0.39, 0.29) is 18.3 Å². The van der Waals surface area contributed by atoms with Crippen molar-refractivity contribution < 1.29 is 14.3 Å². The molecule has 10 heteroatoms. The summed E-state index contributed by atoms with van der Waals surface area (Å²) in [6, 6.07) is 6.01. The van der Waals surface area contributed by atoms with Crippen molar-refractivity contribution in [3.8, 4) is 6.07 Å². The number of thiophene rings is 1. The number of hydrogen-bond donors (Lipinski definition) is 1. The van der Waals surface area contributed by atoms with Crippen LogP contribution in [0.2, 0.25) is 0 Å². The molecule has 0 bridgehead atoms. The highest BCUT2D eigenvalue weighted by molar-refractivity contribution is 8.14. The molecule has 30 heavy (non-hydrogen) atoms. The van der Waals surface area contributed by atoms with Gasteiger partial charge in [0.2, 0.25) is 5.91 Å². The van der Waals surface area contributed by atoms with Crippen LogP contribution in [0.3, 0.4) is 0 Å². The highest BCUT2D eigenvalue weighted by Crippen LogP contribution is 2.45. The molecule has 3 atom stereocenters. The van der Waals surface area contributed by atoms with Crippen molar-refractivity contribution >= 4 is 56.5 Å². The SMILES string of the molecule is C=CCOC(=O)[C@@H]1C(=C)N=C(SCC(=O)Nc2nccs2)C(C#N)[C@@H]1c1cccs1. The molecule has 0 aromatic carbocycles. The number of carbonyl (C=O) groups excluding carboxylic acids is 2. The quantitative estimate of drug-likeness (QED) is 0.495. The van der Waals surface area contributed by atoms with E-state index in [9.17, 15) is 14.9 Å². The van der Waals surface area contributed by atoms with Gasteiger partial charge in [0.15, 0.2) is 5.13 Å². The zero-order chi connectivity index (χ0) is 21.5. The van der Waals surface area contributed by atoms with Crippen LogP contribution < -0.4 is 5.32 Å². The number of aliphatic imine (C=N–C) groups is 1. The smallest absolute Gasteiger partial charge is 0.316 e. The van der Waals surface area contributed by atoms with E-state index in [1.54, 1.807) is 11.6 Å². The fourth-order valence-electron chi connectivity index (χ4n) is 2.99. The molecule has 0 spiro atoms. The fraction of sp³-hybridized carbons (Fsp3) is 0.250. The third kappa shape index (κ3) is 5.05. The Morgan fingerprint density at radius 1 is 1.40 bits per heavy atom. The Bertz CT molecular complexity index is 993. The van der Waals surface area contributed by atoms with Crippen LogP contribution in [0.15, 0.2) is 59.0 Å². The summed E-state index contributed by atoms with van der Waals surface area (Å²) in [7, 11) is 0. The van der Waals surface area contributed by atoms with Gasteiger partial charge < -0.3 is 10.1 Å². The molecule has 154 valence electrons. The number of thioether (sulfide) groups is 1. The average molecular weight is 459 g/mol. The maximum Gasteiger partial charge on any atom is 0.316 e. The Hall–Kier alpha value is -2.74. The lowest BCUT2D eigenvalue weighted by atomic mass is 9.78. The first kappa shape index (κ1) is 22.0. The largest absolute Gasteiger partial charge is 0.461 e. The predicted octanol–water partition coefficient (Wildman–Crippen LogP) is 4.07. The number of rotatable bonds is 7. The second-order valence-corrected chi connectivity index (χ2v) is 9.03. The van der Waals surface area contributed by atoms with Crippen LogP contribution in [0.5, 0.6) is 0 Å². The van der Waals surface area contributed by atoms with Crippen molar-refractivity contribution in [1.82, 2.24) is 4.98 Å². The Labute approximate surface area is 186 Å². The first-order valence-electron chi connectivity index (χ1n) is 8.85. The van der Waals surface area contributed by atoms with Crippen LogP contribution in [-0.2, 0) is 14.3 Å². The van der Waals surface area contributed by atoms with Gasteiger partial charge in [0, 0.05) is 28.1 Å². The van der Waals surface area contributed by atoms with Gasteiger partial charge in [0.1, 0.15) is 18.4 Å². The Balaban J connectivity index is 1.82. The van der Waals surface area contributed by atoms with E-state index >= 15 is 0 Å². The number of esters is 1. The van der Waals surface area contributed by atoms with Gasteiger partial charge in [-0.05, 0) is 11.4 Å². The third-order valence-corrected chi connectivity index (χ3v) is 6.94. The first-order chi connectivity index (χ1) is 14.5. The second kappa shape index (κ2) is 10.3. The molecule has 0 fully saturated rings. The van der Waals surface area contributed by atoms with Gasteiger partial charge in [-0.15, -0.1) is 22.7 Å². The summed E-state index contributed by atoms with van der Waals surface area (Å²) in [6.07, 6.45) is 3.09. The molecule has 2 aromatic rings. The van der Waals surface area contributed by atoms with E-state index in [4.69, 9.17) is 4.74 Å². The monoisotopic (exact) mass is 458 g/mol. The fourth-order valence-corrected chi connectivity index (χ4v) is 5.35. The summed E-state index contributed by atoms with van der Waals surface area (Å²) in [5, 5.41) is 17.2. The third-order valence-electron chi connectivity index (χ3n) is 4.24. The number of carbonyl (C=O) groups is 2. The maximum atomic E-state index is 12.7. The number of nitrogens with one attached hydrogen (secondary N) is 1. The molecule has 7 nitrogen and oxygen atoms in total. The van der Waals surface area contributed by atoms with Gasteiger partial charge in [-0.3, -0.25) is 9.59 Å². The summed E-state index contributed by atoms with van der Waals surface area (Å²) < 4.78 is 5.25. The van der Waals surface area contributed by atoms with Gasteiger partial charge in [0.25, 0.3) is 0 Å². The molecule has 2 aromatic heterocycles. The summed E-state index contributed by atoms with van der Waals surface area (Å²) in [6.45, 7) is 7.57. The van der Waals surface area contributed by atoms with Crippen LogP contribution in [0.4, 0.5) is 5.13 Å².